The first-order valence-corrected chi connectivity index (χ1v) is 9.31. The lowest BCUT2D eigenvalue weighted by molar-refractivity contribution is 0.450. The molecule has 0 radical (unpaired) electrons. The van der Waals surface area contributed by atoms with Crippen molar-refractivity contribution < 1.29 is 4.42 Å². The van der Waals surface area contributed by atoms with Gasteiger partial charge in [-0.15, -0.1) is 11.3 Å². The van der Waals surface area contributed by atoms with Gasteiger partial charge in [0.2, 0.25) is 0 Å². The zero-order valence-electron chi connectivity index (χ0n) is 13.6. The number of rotatable bonds is 4. The molecule has 24 heavy (non-hydrogen) atoms. The molecule has 1 N–H and O–H groups in total. The van der Waals surface area contributed by atoms with Crippen molar-refractivity contribution in [2.45, 2.75) is 25.9 Å². The third-order valence-electron chi connectivity index (χ3n) is 3.54. The Morgan fingerprint density at radius 2 is 2.08 bits per heavy atom. The molecule has 0 fully saturated rings. The molecule has 3 heterocycles. The SMILES string of the molecule is CCSc1oc(C)cc1-c1cc(-c2ccc(C)s2)[nH]c(=O)c1C#N. The highest BCUT2D eigenvalue weighted by atomic mass is 32.2. The molecule has 0 aromatic carbocycles. The second-order valence-corrected chi connectivity index (χ2v) is 7.84. The molecule has 122 valence electrons. The van der Waals surface area contributed by atoms with E-state index in [0.717, 1.165) is 37.6 Å². The molecule has 0 saturated carbocycles. The lowest BCUT2D eigenvalue weighted by Gasteiger charge is -2.06. The molecule has 4 nitrogen and oxygen atoms in total. The van der Waals surface area contributed by atoms with Gasteiger partial charge in [-0.2, -0.15) is 5.26 Å². The number of aryl methyl sites for hydroxylation is 2. The van der Waals surface area contributed by atoms with E-state index in [-0.39, 0.29) is 11.1 Å². The molecule has 3 aromatic rings. The van der Waals surface area contributed by atoms with Crippen molar-refractivity contribution >= 4 is 23.1 Å². The molecule has 0 saturated heterocycles. The minimum Gasteiger partial charge on any atom is -0.455 e. The van der Waals surface area contributed by atoms with E-state index in [2.05, 4.69) is 4.98 Å². The number of thioether (sulfide) groups is 1. The summed E-state index contributed by atoms with van der Waals surface area (Å²) in [6.45, 7) is 5.92. The summed E-state index contributed by atoms with van der Waals surface area (Å²) in [4.78, 5) is 17.4. The van der Waals surface area contributed by atoms with Crippen LogP contribution in [-0.2, 0) is 0 Å². The summed E-state index contributed by atoms with van der Waals surface area (Å²) >= 11 is 3.17. The Bertz CT molecular complexity index is 989. The standard InChI is InChI=1S/C18H16N2O2S2/c1-4-23-18-13(7-10(2)22-18)12-8-15(16-6-5-11(3)24-16)20-17(21)14(12)9-19/h5-8H,4H2,1-3H3,(H,20,21). The number of hydrogen-bond acceptors (Lipinski definition) is 5. The van der Waals surface area contributed by atoms with E-state index < -0.39 is 0 Å². The van der Waals surface area contributed by atoms with Crippen LogP contribution in [-0.4, -0.2) is 10.7 Å². The zero-order valence-corrected chi connectivity index (χ0v) is 15.2. The lowest BCUT2D eigenvalue weighted by Crippen LogP contribution is -2.12. The first-order valence-electron chi connectivity index (χ1n) is 7.51. The van der Waals surface area contributed by atoms with Crippen molar-refractivity contribution in [3.8, 4) is 27.8 Å². The van der Waals surface area contributed by atoms with Gasteiger partial charge < -0.3 is 9.40 Å². The molecule has 0 spiro atoms. The Morgan fingerprint density at radius 1 is 1.29 bits per heavy atom. The van der Waals surface area contributed by atoms with Crippen molar-refractivity contribution in [1.29, 1.82) is 5.26 Å². The normalized spacial score (nSPS) is 10.8. The molecule has 0 amide bonds. The fraction of sp³-hybridized carbons (Fsp3) is 0.222. The Morgan fingerprint density at radius 3 is 2.71 bits per heavy atom. The van der Waals surface area contributed by atoms with Crippen molar-refractivity contribution in [2.24, 2.45) is 0 Å². The molecule has 0 aliphatic heterocycles. The van der Waals surface area contributed by atoms with Crippen LogP contribution in [0.15, 0.2) is 38.6 Å². The predicted molar refractivity (Wildman–Crippen MR) is 98.7 cm³/mol. The Balaban J connectivity index is 2.25. The number of furan rings is 1. The van der Waals surface area contributed by atoms with Gasteiger partial charge >= 0.3 is 0 Å². The molecular weight excluding hydrogens is 340 g/mol. The molecule has 0 aliphatic carbocycles. The second-order valence-electron chi connectivity index (χ2n) is 5.31. The van der Waals surface area contributed by atoms with Crippen molar-refractivity contribution in [2.75, 3.05) is 5.75 Å². The van der Waals surface area contributed by atoms with Gasteiger partial charge in [0.25, 0.3) is 5.56 Å². The van der Waals surface area contributed by atoms with Crippen LogP contribution in [0, 0.1) is 25.2 Å². The highest BCUT2D eigenvalue weighted by Gasteiger charge is 2.19. The van der Waals surface area contributed by atoms with Crippen LogP contribution in [0.4, 0.5) is 0 Å². The van der Waals surface area contributed by atoms with Crippen LogP contribution in [0.2, 0.25) is 0 Å². The predicted octanol–water partition coefficient (Wildman–Crippen LogP) is 4.96. The molecule has 3 aromatic heterocycles. The third-order valence-corrected chi connectivity index (χ3v) is 5.43. The first-order chi connectivity index (χ1) is 11.5. The molecule has 6 heteroatoms. The summed E-state index contributed by atoms with van der Waals surface area (Å²) in [7, 11) is 0. The van der Waals surface area contributed by atoms with Gasteiger partial charge in [-0.3, -0.25) is 4.79 Å². The number of nitrogens with one attached hydrogen (secondary N) is 1. The highest BCUT2D eigenvalue weighted by Crippen LogP contribution is 2.37. The number of nitriles is 1. The van der Waals surface area contributed by atoms with E-state index in [0.29, 0.717) is 5.56 Å². The fourth-order valence-corrected chi connectivity index (χ4v) is 4.13. The van der Waals surface area contributed by atoms with Crippen LogP contribution in [0.25, 0.3) is 21.7 Å². The summed E-state index contributed by atoms with van der Waals surface area (Å²) in [6, 6.07) is 9.78. The molecule has 0 aliphatic rings. The minimum absolute atomic E-state index is 0.116. The average Bonchev–Trinajstić information content (AvgIpc) is 3.13. The Kier molecular flexibility index (Phi) is 4.65. The van der Waals surface area contributed by atoms with Crippen molar-refractivity contribution in [3.63, 3.8) is 0 Å². The number of aromatic amines is 1. The Hall–Kier alpha value is -2.23. The Labute approximate surface area is 148 Å². The maximum atomic E-state index is 12.4. The third kappa shape index (κ3) is 3.05. The molecule has 3 rings (SSSR count). The monoisotopic (exact) mass is 356 g/mol. The summed E-state index contributed by atoms with van der Waals surface area (Å²) in [5, 5.41) is 10.2. The van der Waals surface area contributed by atoms with Crippen molar-refractivity contribution in [1.82, 2.24) is 4.98 Å². The van der Waals surface area contributed by atoms with E-state index in [1.807, 2.05) is 51.1 Å². The first kappa shape index (κ1) is 16.6. The minimum atomic E-state index is -0.373. The van der Waals surface area contributed by atoms with Gasteiger partial charge in [-0.25, -0.2) is 0 Å². The van der Waals surface area contributed by atoms with Gasteiger partial charge in [0.05, 0.1) is 10.6 Å². The number of aromatic nitrogens is 1. The van der Waals surface area contributed by atoms with Crippen LogP contribution in [0.3, 0.4) is 0 Å². The van der Waals surface area contributed by atoms with E-state index in [4.69, 9.17) is 4.42 Å². The lowest BCUT2D eigenvalue weighted by atomic mass is 10.0. The van der Waals surface area contributed by atoms with Gasteiger partial charge in [0.15, 0.2) is 5.09 Å². The maximum absolute atomic E-state index is 12.4. The number of pyridine rings is 1. The van der Waals surface area contributed by atoms with Gasteiger partial charge in [0, 0.05) is 16.0 Å². The van der Waals surface area contributed by atoms with Crippen molar-refractivity contribution in [3.05, 3.63) is 50.8 Å². The molecular formula is C18H16N2O2S2. The van der Waals surface area contributed by atoms with E-state index in [1.165, 1.54) is 0 Å². The van der Waals surface area contributed by atoms with Crippen LogP contribution >= 0.6 is 23.1 Å². The topological polar surface area (TPSA) is 69.8 Å². The van der Waals surface area contributed by atoms with Gasteiger partial charge in [0.1, 0.15) is 17.4 Å². The summed E-state index contributed by atoms with van der Waals surface area (Å²) in [6.07, 6.45) is 0. The highest BCUT2D eigenvalue weighted by molar-refractivity contribution is 7.99. The van der Waals surface area contributed by atoms with Crippen LogP contribution in [0.1, 0.15) is 23.1 Å². The largest absolute Gasteiger partial charge is 0.455 e. The average molecular weight is 356 g/mol. The van der Waals surface area contributed by atoms with E-state index >= 15 is 0 Å². The summed E-state index contributed by atoms with van der Waals surface area (Å²) in [5.41, 5.74) is 1.89. The number of thiophene rings is 1. The van der Waals surface area contributed by atoms with E-state index in [9.17, 15) is 10.1 Å². The summed E-state index contributed by atoms with van der Waals surface area (Å²) in [5.74, 6) is 1.61. The second kappa shape index (κ2) is 6.71. The van der Waals surface area contributed by atoms with Crippen LogP contribution < -0.4 is 5.56 Å². The number of nitrogens with zero attached hydrogens (tertiary/aromatic N) is 1. The van der Waals surface area contributed by atoms with Gasteiger partial charge in [-0.05, 0) is 43.9 Å². The quantitative estimate of drug-likeness (QED) is 0.671. The number of H-pyrrole nitrogens is 1. The fourth-order valence-electron chi connectivity index (χ4n) is 2.51. The zero-order chi connectivity index (χ0) is 17.3. The van der Waals surface area contributed by atoms with Crippen LogP contribution in [0.5, 0.6) is 0 Å². The smallest absolute Gasteiger partial charge is 0.266 e. The molecule has 0 unspecified atom stereocenters. The number of hydrogen-bond donors (Lipinski definition) is 1. The maximum Gasteiger partial charge on any atom is 0.266 e. The molecule has 0 bridgehead atoms. The van der Waals surface area contributed by atoms with E-state index in [1.54, 1.807) is 23.1 Å². The summed E-state index contributed by atoms with van der Waals surface area (Å²) < 4.78 is 5.74. The molecule has 0 atom stereocenters. The van der Waals surface area contributed by atoms with Gasteiger partial charge in [-0.1, -0.05) is 18.7 Å².